The summed E-state index contributed by atoms with van der Waals surface area (Å²) in [5.74, 6) is -0.288. The molecule has 1 aliphatic carbocycles. The summed E-state index contributed by atoms with van der Waals surface area (Å²) < 4.78 is 0. The van der Waals surface area contributed by atoms with E-state index < -0.39 is 17.8 Å². The summed E-state index contributed by atoms with van der Waals surface area (Å²) in [4.78, 5) is 36.7. The lowest BCUT2D eigenvalue weighted by Gasteiger charge is -2.35. The van der Waals surface area contributed by atoms with Gasteiger partial charge in [-0.25, -0.2) is 4.79 Å². The van der Waals surface area contributed by atoms with Crippen LogP contribution in [0.3, 0.4) is 0 Å². The highest BCUT2D eigenvalue weighted by Crippen LogP contribution is 2.36. The number of urea groups is 1. The molecule has 1 N–H and O–H groups in total. The number of nitrogens with zero attached hydrogens (tertiary/aromatic N) is 1. The Labute approximate surface area is 136 Å². The molecule has 3 rings (SSSR count). The van der Waals surface area contributed by atoms with Crippen LogP contribution < -0.4 is 5.32 Å². The molecular formula is C18H22N2O3. The van der Waals surface area contributed by atoms with Crippen LogP contribution in [0.5, 0.6) is 0 Å². The van der Waals surface area contributed by atoms with Crippen LogP contribution in [0.15, 0.2) is 30.3 Å². The van der Waals surface area contributed by atoms with E-state index in [4.69, 9.17) is 0 Å². The van der Waals surface area contributed by atoms with Gasteiger partial charge in [0.15, 0.2) is 0 Å². The molecule has 2 aliphatic rings. The van der Waals surface area contributed by atoms with Crippen LogP contribution in [-0.2, 0) is 9.59 Å². The minimum absolute atomic E-state index is 0.138. The standard InChI is InChI=1S/C18H22N2O3/c21-16-11-17(22)20(18(23)19-16)12-15(13-7-3-1-4-8-13)14-9-5-2-6-10-14/h1,3-4,7-8,14-15H,2,5-6,9-12H2,(H,19,21,23). The van der Waals surface area contributed by atoms with Gasteiger partial charge in [0.25, 0.3) is 0 Å². The Morgan fingerprint density at radius 1 is 1.04 bits per heavy atom. The molecule has 4 amide bonds. The molecule has 122 valence electrons. The fourth-order valence-electron chi connectivity index (χ4n) is 3.72. The molecule has 1 aromatic carbocycles. The van der Waals surface area contributed by atoms with Crippen LogP contribution in [-0.4, -0.2) is 29.3 Å². The second kappa shape index (κ2) is 6.94. The van der Waals surface area contributed by atoms with Crippen LogP contribution in [0.1, 0.15) is 50.0 Å². The van der Waals surface area contributed by atoms with Gasteiger partial charge in [0.2, 0.25) is 11.8 Å². The molecule has 0 bridgehead atoms. The van der Waals surface area contributed by atoms with Crippen molar-refractivity contribution in [2.24, 2.45) is 5.92 Å². The smallest absolute Gasteiger partial charge is 0.277 e. The topological polar surface area (TPSA) is 66.5 Å². The highest BCUT2D eigenvalue weighted by atomic mass is 16.2. The van der Waals surface area contributed by atoms with E-state index in [1.165, 1.54) is 24.2 Å². The molecular weight excluding hydrogens is 292 g/mol. The number of imide groups is 2. The van der Waals surface area contributed by atoms with Crippen LogP contribution >= 0.6 is 0 Å². The molecule has 0 radical (unpaired) electrons. The van der Waals surface area contributed by atoms with E-state index in [2.05, 4.69) is 17.4 Å². The van der Waals surface area contributed by atoms with Crippen molar-refractivity contribution < 1.29 is 14.4 Å². The van der Waals surface area contributed by atoms with Gasteiger partial charge in [-0.05, 0) is 24.3 Å². The molecule has 1 saturated heterocycles. The van der Waals surface area contributed by atoms with Crippen molar-refractivity contribution in [3.63, 3.8) is 0 Å². The molecule has 1 saturated carbocycles. The minimum atomic E-state index is -0.581. The maximum absolute atomic E-state index is 12.1. The second-order valence-corrected chi connectivity index (χ2v) is 6.45. The number of nitrogens with one attached hydrogen (secondary N) is 1. The van der Waals surface area contributed by atoms with Crippen molar-refractivity contribution in [2.45, 2.75) is 44.4 Å². The van der Waals surface area contributed by atoms with Gasteiger partial charge in [-0.15, -0.1) is 0 Å². The van der Waals surface area contributed by atoms with E-state index >= 15 is 0 Å². The number of amides is 4. The summed E-state index contributed by atoms with van der Waals surface area (Å²) in [5.41, 5.74) is 1.16. The summed E-state index contributed by atoms with van der Waals surface area (Å²) >= 11 is 0. The molecule has 1 aromatic rings. The number of hydrogen-bond donors (Lipinski definition) is 1. The molecule has 1 aliphatic heterocycles. The van der Waals surface area contributed by atoms with Crippen LogP contribution in [0.2, 0.25) is 0 Å². The molecule has 1 atom stereocenters. The minimum Gasteiger partial charge on any atom is -0.277 e. The SMILES string of the molecule is O=C1CC(=O)N(CC(c2ccccc2)C2CCCCC2)C(=O)N1. The zero-order valence-electron chi connectivity index (χ0n) is 13.2. The van der Waals surface area contributed by atoms with Gasteiger partial charge < -0.3 is 0 Å². The van der Waals surface area contributed by atoms with E-state index in [1.807, 2.05) is 18.2 Å². The number of barbiturate groups is 1. The molecule has 0 spiro atoms. The Hall–Kier alpha value is -2.17. The van der Waals surface area contributed by atoms with E-state index in [1.54, 1.807) is 0 Å². The fourth-order valence-corrected chi connectivity index (χ4v) is 3.72. The summed E-state index contributed by atoms with van der Waals surface area (Å²) in [6.07, 6.45) is 5.68. The first-order valence-electron chi connectivity index (χ1n) is 8.34. The number of carbonyl (C=O) groups is 3. The van der Waals surface area contributed by atoms with Crippen molar-refractivity contribution >= 4 is 17.8 Å². The second-order valence-electron chi connectivity index (χ2n) is 6.45. The average Bonchev–Trinajstić information content (AvgIpc) is 2.56. The van der Waals surface area contributed by atoms with Crippen LogP contribution in [0.25, 0.3) is 0 Å². The van der Waals surface area contributed by atoms with Crippen LogP contribution in [0, 0.1) is 5.92 Å². The predicted molar refractivity (Wildman–Crippen MR) is 85.6 cm³/mol. The Morgan fingerprint density at radius 2 is 1.74 bits per heavy atom. The van der Waals surface area contributed by atoms with E-state index in [9.17, 15) is 14.4 Å². The van der Waals surface area contributed by atoms with Gasteiger partial charge in [-0.3, -0.25) is 19.8 Å². The van der Waals surface area contributed by atoms with E-state index in [-0.39, 0.29) is 12.3 Å². The molecule has 0 aromatic heterocycles. The Morgan fingerprint density at radius 3 is 2.39 bits per heavy atom. The summed E-state index contributed by atoms with van der Waals surface area (Å²) in [7, 11) is 0. The first-order chi connectivity index (χ1) is 11.1. The summed E-state index contributed by atoms with van der Waals surface area (Å²) in [6.45, 7) is 0.354. The lowest BCUT2D eigenvalue weighted by atomic mass is 9.76. The first-order valence-corrected chi connectivity index (χ1v) is 8.34. The quantitative estimate of drug-likeness (QED) is 0.869. The molecule has 2 fully saturated rings. The first kappa shape index (κ1) is 15.7. The lowest BCUT2D eigenvalue weighted by molar-refractivity contribution is -0.136. The van der Waals surface area contributed by atoms with Crippen LogP contribution in [0.4, 0.5) is 4.79 Å². The third-order valence-corrected chi connectivity index (χ3v) is 4.93. The van der Waals surface area contributed by atoms with E-state index in [0.717, 1.165) is 18.4 Å². The van der Waals surface area contributed by atoms with E-state index in [0.29, 0.717) is 12.5 Å². The van der Waals surface area contributed by atoms with Crippen molar-refractivity contribution in [2.75, 3.05) is 6.54 Å². The van der Waals surface area contributed by atoms with Gasteiger partial charge in [-0.1, -0.05) is 49.6 Å². The predicted octanol–water partition coefficient (Wildman–Crippen LogP) is 2.82. The van der Waals surface area contributed by atoms with Crippen molar-refractivity contribution in [1.29, 1.82) is 0 Å². The Bertz CT molecular complexity index is 574. The summed E-state index contributed by atoms with van der Waals surface area (Å²) in [5, 5.41) is 2.25. The molecule has 23 heavy (non-hydrogen) atoms. The zero-order chi connectivity index (χ0) is 16.2. The molecule has 1 unspecified atom stereocenters. The van der Waals surface area contributed by atoms with Gasteiger partial charge >= 0.3 is 6.03 Å². The number of rotatable bonds is 4. The largest absolute Gasteiger partial charge is 0.330 e. The third kappa shape index (κ3) is 3.60. The van der Waals surface area contributed by atoms with Crippen molar-refractivity contribution in [3.8, 4) is 0 Å². The van der Waals surface area contributed by atoms with Crippen molar-refractivity contribution in [1.82, 2.24) is 10.2 Å². The highest BCUT2D eigenvalue weighted by Gasteiger charge is 2.35. The summed E-state index contributed by atoms with van der Waals surface area (Å²) in [6, 6.07) is 9.51. The zero-order valence-corrected chi connectivity index (χ0v) is 13.2. The average molecular weight is 314 g/mol. The third-order valence-electron chi connectivity index (χ3n) is 4.93. The molecule has 5 heteroatoms. The normalized spacial score (nSPS) is 21.2. The Kier molecular flexibility index (Phi) is 4.74. The van der Waals surface area contributed by atoms with Gasteiger partial charge in [0.05, 0.1) is 0 Å². The van der Waals surface area contributed by atoms with Gasteiger partial charge in [0, 0.05) is 12.5 Å². The number of carbonyl (C=O) groups excluding carboxylic acids is 3. The molecule has 5 nitrogen and oxygen atoms in total. The maximum Gasteiger partial charge on any atom is 0.330 e. The number of hydrogen-bond acceptors (Lipinski definition) is 3. The lowest BCUT2D eigenvalue weighted by Crippen LogP contribution is -2.54. The number of benzene rings is 1. The van der Waals surface area contributed by atoms with Gasteiger partial charge in [0.1, 0.15) is 6.42 Å². The fraction of sp³-hybridized carbons (Fsp3) is 0.500. The Balaban J connectivity index is 1.82. The molecule has 1 heterocycles. The maximum atomic E-state index is 12.1. The monoisotopic (exact) mass is 314 g/mol. The van der Waals surface area contributed by atoms with Crippen molar-refractivity contribution in [3.05, 3.63) is 35.9 Å². The van der Waals surface area contributed by atoms with Gasteiger partial charge in [-0.2, -0.15) is 0 Å². The highest BCUT2D eigenvalue weighted by molar-refractivity contribution is 6.14.